The minimum atomic E-state index is 0.0381. The topological polar surface area (TPSA) is 9.23 Å². The summed E-state index contributed by atoms with van der Waals surface area (Å²) >= 11 is 0. The Hall–Kier alpha value is -1.86. The van der Waals surface area contributed by atoms with Crippen molar-refractivity contribution in [2.75, 3.05) is 6.61 Å². The molecule has 0 heterocycles. The van der Waals surface area contributed by atoms with Gasteiger partial charge in [-0.2, -0.15) is 0 Å². The van der Waals surface area contributed by atoms with E-state index < -0.39 is 0 Å². The van der Waals surface area contributed by atoms with E-state index in [0.29, 0.717) is 0 Å². The maximum Gasteiger partial charge on any atom is 0.0674 e. The molecule has 1 nitrogen and oxygen atoms in total. The third-order valence-corrected chi connectivity index (χ3v) is 5.95. The number of ether oxygens (including phenoxy) is 1. The van der Waals surface area contributed by atoms with Crippen molar-refractivity contribution in [1.29, 1.82) is 0 Å². The maximum absolute atomic E-state index is 6.14. The highest BCUT2D eigenvalue weighted by molar-refractivity contribution is 5.80. The quantitative estimate of drug-likeness (QED) is 0.565. The first kappa shape index (κ1) is 18.9. The standard InChI is InChI=1S/C25H32O/c1-7-26-23-17-24(3,4)22-16-20(13-14-21(22)25(23,5)6)18(2)15-19-11-9-8-10-12-19/h8-16,23H,7,17H2,1-6H3/b18-15+. The first-order chi connectivity index (χ1) is 12.3. The zero-order chi connectivity index (χ0) is 18.9. The molecule has 138 valence electrons. The van der Waals surface area contributed by atoms with Gasteiger partial charge in [0.2, 0.25) is 0 Å². The Balaban J connectivity index is 2.04. The number of benzene rings is 2. The summed E-state index contributed by atoms with van der Waals surface area (Å²) in [5.74, 6) is 0. The lowest BCUT2D eigenvalue weighted by Gasteiger charge is -2.47. The zero-order valence-electron chi connectivity index (χ0n) is 17.1. The number of fused-ring (bicyclic) bond motifs is 1. The lowest BCUT2D eigenvalue weighted by Crippen LogP contribution is -2.46. The molecular formula is C25H32O. The molecule has 0 amide bonds. The third kappa shape index (κ3) is 3.50. The summed E-state index contributed by atoms with van der Waals surface area (Å²) in [5, 5.41) is 0. The van der Waals surface area contributed by atoms with Crippen LogP contribution in [0.3, 0.4) is 0 Å². The summed E-state index contributed by atoms with van der Waals surface area (Å²) in [6.45, 7) is 14.4. The van der Waals surface area contributed by atoms with Crippen LogP contribution in [0.4, 0.5) is 0 Å². The van der Waals surface area contributed by atoms with E-state index in [-0.39, 0.29) is 16.9 Å². The zero-order valence-corrected chi connectivity index (χ0v) is 17.1. The number of allylic oxidation sites excluding steroid dienone is 1. The number of hydrogen-bond acceptors (Lipinski definition) is 1. The Bertz CT molecular complexity index is 796. The van der Waals surface area contributed by atoms with Gasteiger partial charge in [0.25, 0.3) is 0 Å². The minimum absolute atomic E-state index is 0.0381. The summed E-state index contributed by atoms with van der Waals surface area (Å²) in [6, 6.07) is 17.6. The Morgan fingerprint density at radius 1 is 1.04 bits per heavy atom. The Kier molecular flexibility index (Phi) is 5.12. The molecule has 3 rings (SSSR count). The van der Waals surface area contributed by atoms with Gasteiger partial charge >= 0.3 is 0 Å². The van der Waals surface area contributed by atoms with E-state index in [9.17, 15) is 0 Å². The molecule has 0 fully saturated rings. The van der Waals surface area contributed by atoms with Crippen LogP contribution in [-0.2, 0) is 15.6 Å². The van der Waals surface area contributed by atoms with Gasteiger partial charge < -0.3 is 4.74 Å². The van der Waals surface area contributed by atoms with Gasteiger partial charge in [-0.15, -0.1) is 0 Å². The molecule has 0 radical (unpaired) electrons. The fourth-order valence-electron chi connectivity index (χ4n) is 4.26. The lowest BCUT2D eigenvalue weighted by atomic mass is 9.61. The second kappa shape index (κ2) is 7.04. The fraction of sp³-hybridized carbons (Fsp3) is 0.440. The van der Waals surface area contributed by atoms with Crippen molar-refractivity contribution in [2.24, 2.45) is 0 Å². The van der Waals surface area contributed by atoms with Gasteiger partial charge in [-0.25, -0.2) is 0 Å². The summed E-state index contributed by atoms with van der Waals surface area (Å²) in [5.41, 5.74) is 6.93. The molecule has 1 heteroatoms. The summed E-state index contributed by atoms with van der Waals surface area (Å²) < 4.78 is 6.14. The highest BCUT2D eigenvalue weighted by Crippen LogP contribution is 2.47. The summed E-state index contributed by atoms with van der Waals surface area (Å²) in [7, 11) is 0. The molecule has 0 bridgehead atoms. The third-order valence-electron chi connectivity index (χ3n) is 5.95. The largest absolute Gasteiger partial charge is 0.378 e. The molecule has 1 aliphatic rings. The average Bonchev–Trinajstić information content (AvgIpc) is 2.60. The highest BCUT2D eigenvalue weighted by atomic mass is 16.5. The molecule has 0 saturated carbocycles. The molecule has 0 aromatic heterocycles. The van der Waals surface area contributed by atoms with Crippen molar-refractivity contribution in [3.8, 4) is 0 Å². The number of hydrogen-bond donors (Lipinski definition) is 0. The van der Waals surface area contributed by atoms with E-state index in [0.717, 1.165) is 13.0 Å². The lowest BCUT2D eigenvalue weighted by molar-refractivity contribution is -0.0125. The maximum atomic E-state index is 6.14. The fourth-order valence-corrected chi connectivity index (χ4v) is 4.26. The van der Waals surface area contributed by atoms with Gasteiger partial charge in [0, 0.05) is 12.0 Å². The van der Waals surface area contributed by atoms with Gasteiger partial charge in [-0.3, -0.25) is 0 Å². The summed E-state index contributed by atoms with van der Waals surface area (Å²) in [6.07, 6.45) is 3.60. The molecule has 0 N–H and O–H groups in total. The highest BCUT2D eigenvalue weighted by Gasteiger charge is 2.44. The summed E-state index contributed by atoms with van der Waals surface area (Å²) in [4.78, 5) is 0. The Labute approximate surface area is 159 Å². The van der Waals surface area contributed by atoms with Crippen LogP contribution in [0.25, 0.3) is 11.6 Å². The van der Waals surface area contributed by atoms with Crippen LogP contribution in [0.1, 0.15) is 70.2 Å². The van der Waals surface area contributed by atoms with E-state index >= 15 is 0 Å². The normalized spacial score (nSPS) is 21.3. The minimum Gasteiger partial charge on any atom is -0.378 e. The van der Waals surface area contributed by atoms with E-state index in [1.54, 1.807) is 0 Å². The van der Waals surface area contributed by atoms with Crippen LogP contribution in [0.15, 0.2) is 48.5 Å². The van der Waals surface area contributed by atoms with Gasteiger partial charge in [0.05, 0.1) is 6.10 Å². The van der Waals surface area contributed by atoms with Gasteiger partial charge in [-0.05, 0) is 53.5 Å². The van der Waals surface area contributed by atoms with Crippen LogP contribution < -0.4 is 0 Å². The second-order valence-corrected chi connectivity index (χ2v) is 8.75. The monoisotopic (exact) mass is 348 g/mol. The first-order valence-electron chi connectivity index (χ1n) is 9.76. The molecule has 0 saturated heterocycles. The molecule has 2 aromatic carbocycles. The predicted octanol–water partition coefficient (Wildman–Crippen LogP) is 6.61. The van der Waals surface area contributed by atoms with Crippen LogP contribution in [0.5, 0.6) is 0 Å². The molecule has 26 heavy (non-hydrogen) atoms. The van der Waals surface area contributed by atoms with E-state index in [4.69, 9.17) is 4.74 Å². The van der Waals surface area contributed by atoms with Crippen molar-refractivity contribution in [3.63, 3.8) is 0 Å². The second-order valence-electron chi connectivity index (χ2n) is 8.75. The van der Waals surface area contributed by atoms with Gasteiger partial charge in [0.15, 0.2) is 0 Å². The molecular weight excluding hydrogens is 316 g/mol. The van der Waals surface area contributed by atoms with Crippen molar-refractivity contribution < 1.29 is 4.74 Å². The molecule has 1 aliphatic carbocycles. The van der Waals surface area contributed by atoms with Crippen molar-refractivity contribution in [3.05, 3.63) is 70.8 Å². The van der Waals surface area contributed by atoms with Gasteiger partial charge in [0.1, 0.15) is 0 Å². The van der Waals surface area contributed by atoms with E-state index in [2.05, 4.69) is 96.1 Å². The SMILES string of the molecule is CCOC1CC(C)(C)c2cc(/C(C)=C/c3ccccc3)ccc2C1(C)C. The predicted molar refractivity (Wildman–Crippen MR) is 113 cm³/mol. The molecule has 0 aliphatic heterocycles. The molecule has 0 spiro atoms. The number of rotatable bonds is 4. The van der Waals surface area contributed by atoms with Crippen LogP contribution in [-0.4, -0.2) is 12.7 Å². The molecule has 1 atom stereocenters. The van der Waals surface area contributed by atoms with Gasteiger partial charge in [-0.1, -0.05) is 82.3 Å². The first-order valence-corrected chi connectivity index (χ1v) is 9.76. The van der Waals surface area contributed by atoms with E-state index in [1.165, 1.54) is 27.8 Å². The molecule has 2 aromatic rings. The molecule has 1 unspecified atom stereocenters. The van der Waals surface area contributed by atoms with Crippen molar-refractivity contribution >= 4 is 11.6 Å². The smallest absolute Gasteiger partial charge is 0.0674 e. The van der Waals surface area contributed by atoms with Crippen molar-refractivity contribution in [1.82, 2.24) is 0 Å². The Morgan fingerprint density at radius 3 is 2.38 bits per heavy atom. The van der Waals surface area contributed by atoms with Crippen LogP contribution in [0.2, 0.25) is 0 Å². The van der Waals surface area contributed by atoms with Crippen LogP contribution in [0, 0.1) is 0 Å². The average molecular weight is 349 g/mol. The van der Waals surface area contributed by atoms with E-state index in [1.807, 2.05) is 0 Å². The van der Waals surface area contributed by atoms with Crippen LogP contribution >= 0.6 is 0 Å². The van der Waals surface area contributed by atoms with Crippen molar-refractivity contribution in [2.45, 2.75) is 64.9 Å². The Morgan fingerprint density at radius 2 is 1.73 bits per heavy atom.